The fourth-order valence-corrected chi connectivity index (χ4v) is 4.31. The number of tetrazole rings is 1. The Labute approximate surface area is 178 Å². The minimum Gasteiger partial charge on any atom is -0.467 e. The zero-order chi connectivity index (χ0) is 21.1. The lowest BCUT2D eigenvalue weighted by molar-refractivity contribution is 0.153. The fraction of sp³-hybridized carbons (Fsp3) is 0.522. The zero-order valence-corrected chi connectivity index (χ0v) is 18.5. The van der Waals surface area contributed by atoms with E-state index in [1.165, 1.54) is 16.8 Å². The molecule has 4 rings (SSSR count). The molecule has 0 aliphatic carbocycles. The van der Waals surface area contributed by atoms with E-state index in [1.807, 2.05) is 16.8 Å². The van der Waals surface area contributed by atoms with Crippen LogP contribution in [0.25, 0.3) is 0 Å². The van der Waals surface area contributed by atoms with Gasteiger partial charge in [0.05, 0.1) is 12.3 Å². The van der Waals surface area contributed by atoms with E-state index < -0.39 is 0 Å². The molecule has 1 saturated heterocycles. The highest BCUT2D eigenvalue weighted by molar-refractivity contribution is 5.55. The molecule has 30 heavy (non-hydrogen) atoms. The number of anilines is 1. The molecule has 160 valence electrons. The van der Waals surface area contributed by atoms with E-state index in [-0.39, 0.29) is 6.04 Å². The summed E-state index contributed by atoms with van der Waals surface area (Å²) in [5.41, 5.74) is 4.01. The van der Waals surface area contributed by atoms with Crippen LogP contribution in [0.2, 0.25) is 0 Å². The van der Waals surface area contributed by atoms with Crippen LogP contribution >= 0.6 is 0 Å². The van der Waals surface area contributed by atoms with E-state index in [1.54, 1.807) is 6.26 Å². The Kier molecular flexibility index (Phi) is 6.18. The molecular formula is C23H32N6O. The number of hydrogen-bond acceptors (Lipinski definition) is 6. The predicted octanol–water partition coefficient (Wildman–Crippen LogP) is 3.84. The van der Waals surface area contributed by atoms with Crippen molar-refractivity contribution >= 4 is 5.69 Å². The summed E-state index contributed by atoms with van der Waals surface area (Å²) in [4.78, 5) is 5.06. The number of benzene rings is 1. The van der Waals surface area contributed by atoms with E-state index >= 15 is 0 Å². The molecule has 0 spiro atoms. The highest BCUT2D eigenvalue weighted by Crippen LogP contribution is 2.29. The van der Waals surface area contributed by atoms with Gasteiger partial charge in [-0.1, -0.05) is 26.0 Å². The van der Waals surface area contributed by atoms with Crippen molar-refractivity contribution in [2.45, 2.75) is 46.7 Å². The Balaban J connectivity index is 1.51. The summed E-state index contributed by atoms with van der Waals surface area (Å²) in [6, 6.07) is 10.8. The molecule has 7 nitrogen and oxygen atoms in total. The Bertz CT molecular complexity index is 941. The predicted molar refractivity (Wildman–Crippen MR) is 118 cm³/mol. The van der Waals surface area contributed by atoms with Gasteiger partial charge in [-0.25, -0.2) is 4.68 Å². The molecular weight excluding hydrogens is 376 g/mol. The largest absolute Gasteiger partial charge is 0.467 e. The molecule has 1 aliphatic heterocycles. The van der Waals surface area contributed by atoms with Gasteiger partial charge in [0.15, 0.2) is 5.82 Å². The summed E-state index contributed by atoms with van der Waals surface area (Å²) in [5, 5.41) is 12.7. The van der Waals surface area contributed by atoms with Gasteiger partial charge in [-0.15, -0.1) is 5.10 Å². The average molecular weight is 409 g/mol. The molecule has 0 unspecified atom stereocenters. The van der Waals surface area contributed by atoms with Gasteiger partial charge in [0.1, 0.15) is 12.3 Å². The molecule has 3 heterocycles. The molecule has 0 saturated carbocycles. The third-order valence-corrected chi connectivity index (χ3v) is 5.90. The molecule has 7 heteroatoms. The van der Waals surface area contributed by atoms with Gasteiger partial charge in [-0.2, -0.15) is 0 Å². The van der Waals surface area contributed by atoms with Crippen molar-refractivity contribution in [1.82, 2.24) is 25.1 Å². The van der Waals surface area contributed by atoms with Gasteiger partial charge < -0.3 is 9.32 Å². The van der Waals surface area contributed by atoms with Crippen LogP contribution in [0.15, 0.2) is 41.0 Å². The molecule has 1 fully saturated rings. The van der Waals surface area contributed by atoms with Crippen LogP contribution in [0, 0.1) is 19.8 Å². The Morgan fingerprint density at radius 3 is 2.57 bits per heavy atom. The minimum absolute atomic E-state index is 0.204. The number of piperazine rings is 1. The van der Waals surface area contributed by atoms with Crippen LogP contribution in [0.5, 0.6) is 0 Å². The topological polar surface area (TPSA) is 63.2 Å². The van der Waals surface area contributed by atoms with Crippen molar-refractivity contribution in [1.29, 1.82) is 0 Å². The molecule has 0 N–H and O–H groups in total. The third-order valence-electron chi connectivity index (χ3n) is 5.90. The highest BCUT2D eigenvalue weighted by Gasteiger charge is 2.30. The van der Waals surface area contributed by atoms with Crippen molar-refractivity contribution in [2.75, 3.05) is 31.1 Å². The summed E-state index contributed by atoms with van der Waals surface area (Å²) < 4.78 is 7.41. The lowest BCUT2D eigenvalue weighted by atomic mass is 10.0. The normalized spacial score (nSPS) is 16.4. The highest BCUT2D eigenvalue weighted by atomic mass is 16.3. The average Bonchev–Trinajstić information content (AvgIpc) is 3.41. The van der Waals surface area contributed by atoms with Crippen LogP contribution in [-0.2, 0) is 6.54 Å². The Morgan fingerprint density at radius 2 is 1.87 bits per heavy atom. The maximum Gasteiger partial charge on any atom is 0.168 e. The van der Waals surface area contributed by atoms with Crippen molar-refractivity contribution in [3.05, 3.63) is 59.3 Å². The van der Waals surface area contributed by atoms with E-state index in [2.05, 4.69) is 71.2 Å². The summed E-state index contributed by atoms with van der Waals surface area (Å²) in [7, 11) is 0. The van der Waals surface area contributed by atoms with E-state index in [9.17, 15) is 0 Å². The van der Waals surface area contributed by atoms with Gasteiger partial charge >= 0.3 is 0 Å². The quantitative estimate of drug-likeness (QED) is 0.592. The van der Waals surface area contributed by atoms with Crippen LogP contribution < -0.4 is 4.90 Å². The van der Waals surface area contributed by atoms with E-state index in [0.29, 0.717) is 12.5 Å². The molecule has 3 aromatic rings. The van der Waals surface area contributed by atoms with Crippen LogP contribution in [0.4, 0.5) is 5.69 Å². The Morgan fingerprint density at radius 1 is 1.07 bits per heavy atom. The maximum absolute atomic E-state index is 5.52. The third kappa shape index (κ3) is 4.56. The SMILES string of the molecule is Cc1ccc(C)c(N2CCN([C@@H](CC(C)C)c3nnnn3Cc3ccco3)CC2)c1. The first-order chi connectivity index (χ1) is 14.5. The van der Waals surface area contributed by atoms with Crippen molar-refractivity contribution < 1.29 is 4.42 Å². The summed E-state index contributed by atoms with van der Waals surface area (Å²) >= 11 is 0. The molecule has 1 aliphatic rings. The van der Waals surface area contributed by atoms with Crippen molar-refractivity contribution in [3.63, 3.8) is 0 Å². The molecule has 2 aromatic heterocycles. The molecule has 1 atom stereocenters. The minimum atomic E-state index is 0.204. The lowest BCUT2D eigenvalue weighted by Gasteiger charge is -2.40. The van der Waals surface area contributed by atoms with Gasteiger partial charge in [-0.3, -0.25) is 4.90 Å². The number of hydrogen-bond donors (Lipinski definition) is 0. The zero-order valence-electron chi connectivity index (χ0n) is 18.5. The van der Waals surface area contributed by atoms with Gasteiger partial charge in [-0.05, 0) is 65.9 Å². The van der Waals surface area contributed by atoms with Gasteiger partial charge in [0, 0.05) is 31.9 Å². The second-order valence-electron chi connectivity index (χ2n) is 8.73. The van der Waals surface area contributed by atoms with E-state index in [0.717, 1.165) is 44.2 Å². The van der Waals surface area contributed by atoms with E-state index in [4.69, 9.17) is 4.42 Å². The lowest BCUT2D eigenvalue weighted by Crippen LogP contribution is -2.48. The number of aryl methyl sites for hydroxylation is 2. The first kappa shape index (κ1) is 20.6. The standard InChI is InChI=1S/C23H32N6O/c1-17(2)14-22(23-24-25-26-29(23)16-20-6-5-13-30-20)28-11-9-27(10-12-28)21-15-18(3)7-8-19(21)4/h5-8,13,15,17,22H,9-12,14,16H2,1-4H3/t22-/m0/s1. The number of nitrogens with zero attached hydrogens (tertiary/aromatic N) is 6. The van der Waals surface area contributed by atoms with Gasteiger partial charge in [0.2, 0.25) is 0 Å². The smallest absolute Gasteiger partial charge is 0.168 e. The van der Waals surface area contributed by atoms with Crippen molar-refractivity contribution in [2.24, 2.45) is 5.92 Å². The summed E-state index contributed by atoms with van der Waals surface area (Å²) in [5.74, 6) is 2.35. The number of aromatic nitrogens is 4. The second-order valence-corrected chi connectivity index (χ2v) is 8.73. The van der Waals surface area contributed by atoms with Crippen LogP contribution in [-0.4, -0.2) is 51.3 Å². The molecule has 0 bridgehead atoms. The first-order valence-corrected chi connectivity index (χ1v) is 10.9. The summed E-state index contributed by atoms with van der Waals surface area (Å²) in [6.45, 7) is 13.5. The monoisotopic (exact) mass is 408 g/mol. The molecule has 1 aromatic carbocycles. The fourth-order valence-electron chi connectivity index (χ4n) is 4.31. The summed E-state index contributed by atoms with van der Waals surface area (Å²) in [6.07, 6.45) is 2.72. The number of furan rings is 1. The van der Waals surface area contributed by atoms with Crippen molar-refractivity contribution in [3.8, 4) is 0 Å². The maximum atomic E-state index is 5.52. The Hall–Kier alpha value is -2.67. The van der Waals surface area contributed by atoms with Crippen LogP contribution in [0.3, 0.4) is 0 Å². The van der Waals surface area contributed by atoms with Gasteiger partial charge in [0.25, 0.3) is 0 Å². The first-order valence-electron chi connectivity index (χ1n) is 10.9. The molecule has 0 amide bonds. The van der Waals surface area contributed by atoms with Crippen LogP contribution in [0.1, 0.15) is 49.0 Å². The second kappa shape index (κ2) is 9.00. The molecule has 0 radical (unpaired) electrons. The number of rotatable bonds is 7.